The van der Waals surface area contributed by atoms with E-state index in [4.69, 9.17) is 0 Å². The average Bonchev–Trinajstić information content (AvgIpc) is 2.87. The highest BCUT2D eigenvalue weighted by atomic mass is 16.6. The standard InChI is InChI=1S/C16H14N4O2/c1-19(2)16-14-6-4-3-5-13(14)15(18-16)17-11-7-9-12(10-8-11)20(21)22/h3-10H,1-2H3. The molecule has 0 N–H and O–H groups in total. The van der Waals surface area contributed by atoms with Gasteiger partial charge < -0.3 is 4.90 Å². The van der Waals surface area contributed by atoms with Gasteiger partial charge in [-0.2, -0.15) is 0 Å². The van der Waals surface area contributed by atoms with Gasteiger partial charge in [0.1, 0.15) is 5.84 Å². The van der Waals surface area contributed by atoms with Gasteiger partial charge in [0.05, 0.1) is 10.6 Å². The summed E-state index contributed by atoms with van der Waals surface area (Å²) in [5.74, 6) is 1.48. The summed E-state index contributed by atoms with van der Waals surface area (Å²) in [6.45, 7) is 0. The van der Waals surface area contributed by atoms with E-state index in [2.05, 4.69) is 9.98 Å². The smallest absolute Gasteiger partial charge is 0.269 e. The molecule has 0 spiro atoms. The van der Waals surface area contributed by atoms with Gasteiger partial charge in [0.2, 0.25) is 0 Å². The second-order valence-electron chi connectivity index (χ2n) is 5.08. The van der Waals surface area contributed by atoms with Crippen molar-refractivity contribution in [1.82, 2.24) is 4.90 Å². The zero-order chi connectivity index (χ0) is 15.7. The highest BCUT2D eigenvalue weighted by Gasteiger charge is 2.22. The Hall–Kier alpha value is -3.02. The van der Waals surface area contributed by atoms with E-state index in [0.29, 0.717) is 11.5 Å². The number of fused-ring (bicyclic) bond motifs is 1. The van der Waals surface area contributed by atoms with Crippen LogP contribution >= 0.6 is 0 Å². The summed E-state index contributed by atoms with van der Waals surface area (Å²) in [5.41, 5.74) is 2.69. The number of aliphatic imine (C=N–C) groups is 2. The Morgan fingerprint density at radius 2 is 1.68 bits per heavy atom. The Morgan fingerprint density at radius 3 is 2.27 bits per heavy atom. The SMILES string of the molecule is CN(C)C1=NC(=Nc2ccc([N+](=O)[O-])cc2)c2ccccc21. The van der Waals surface area contributed by atoms with Crippen LogP contribution in [0, 0.1) is 10.1 Å². The van der Waals surface area contributed by atoms with Gasteiger partial charge in [-0.25, -0.2) is 9.98 Å². The Labute approximate surface area is 127 Å². The summed E-state index contributed by atoms with van der Waals surface area (Å²) in [6.07, 6.45) is 0. The van der Waals surface area contributed by atoms with E-state index in [1.165, 1.54) is 12.1 Å². The number of nitro groups is 1. The van der Waals surface area contributed by atoms with Crippen molar-refractivity contribution in [2.45, 2.75) is 0 Å². The lowest BCUT2D eigenvalue weighted by Crippen LogP contribution is -2.21. The number of nitro benzene ring substituents is 1. The quantitative estimate of drug-likeness (QED) is 0.631. The van der Waals surface area contributed by atoms with E-state index in [-0.39, 0.29) is 5.69 Å². The molecule has 3 rings (SSSR count). The Kier molecular flexibility index (Phi) is 3.42. The highest BCUT2D eigenvalue weighted by Crippen LogP contribution is 2.24. The van der Waals surface area contributed by atoms with Gasteiger partial charge in [-0.05, 0) is 12.1 Å². The third-order valence-corrected chi connectivity index (χ3v) is 3.34. The van der Waals surface area contributed by atoms with Gasteiger partial charge in [-0.15, -0.1) is 0 Å². The molecule has 0 unspecified atom stereocenters. The molecular formula is C16H14N4O2. The van der Waals surface area contributed by atoms with Crippen LogP contribution in [0.5, 0.6) is 0 Å². The first-order valence-electron chi connectivity index (χ1n) is 6.75. The fourth-order valence-electron chi connectivity index (χ4n) is 2.29. The maximum Gasteiger partial charge on any atom is 0.269 e. The monoisotopic (exact) mass is 294 g/mol. The lowest BCUT2D eigenvalue weighted by molar-refractivity contribution is -0.384. The fraction of sp³-hybridized carbons (Fsp3) is 0.125. The predicted octanol–water partition coefficient (Wildman–Crippen LogP) is 2.99. The Bertz CT molecular complexity index is 792. The largest absolute Gasteiger partial charge is 0.362 e. The highest BCUT2D eigenvalue weighted by molar-refractivity contribution is 6.22. The molecule has 1 heterocycles. The molecule has 0 atom stereocenters. The van der Waals surface area contributed by atoms with Gasteiger partial charge in [-0.3, -0.25) is 10.1 Å². The second kappa shape index (κ2) is 5.40. The molecule has 2 aromatic carbocycles. The molecule has 1 aliphatic rings. The molecule has 0 saturated heterocycles. The molecule has 0 bridgehead atoms. The van der Waals surface area contributed by atoms with Crippen molar-refractivity contribution in [2.75, 3.05) is 14.1 Å². The second-order valence-corrected chi connectivity index (χ2v) is 5.08. The van der Waals surface area contributed by atoms with Crippen molar-refractivity contribution in [3.05, 3.63) is 69.8 Å². The van der Waals surface area contributed by atoms with Gasteiger partial charge in [0.15, 0.2) is 5.84 Å². The molecule has 110 valence electrons. The molecule has 0 aromatic heterocycles. The number of hydrogen-bond acceptors (Lipinski definition) is 4. The minimum atomic E-state index is -0.426. The van der Waals surface area contributed by atoms with Crippen molar-refractivity contribution in [3.63, 3.8) is 0 Å². The van der Waals surface area contributed by atoms with Crippen LogP contribution in [0.1, 0.15) is 11.1 Å². The normalized spacial score (nSPS) is 14.6. The number of amidine groups is 2. The van der Waals surface area contributed by atoms with Crippen LogP contribution in [0.2, 0.25) is 0 Å². The van der Waals surface area contributed by atoms with Crippen LogP contribution in [0.15, 0.2) is 58.5 Å². The van der Waals surface area contributed by atoms with Crippen LogP contribution in [0.4, 0.5) is 11.4 Å². The van der Waals surface area contributed by atoms with Crippen molar-refractivity contribution in [1.29, 1.82) is 0 Å². The van der Waals surface area contributed by atoms with E-state index < -0.39 is 4.92 Å². The zero-order valence-electron chi connectivity index (χ0n) is 12.2. The molecule has 6 heteroatoms. The Morgan fingerprint density at radius 1 is 1.05 bits per heavy atom. The summed E-state index contributed by atoms with van der Waals surface area (Å²) in [5, 5.41) is 10.7. The van der Waals surface area contributed by atoms with Crippen molar-refractivity contribution < 1.29 is 4.92 Å². The van der Waals surface area contributed by atoms with E-state index in [1.807, 2.05) is 43.3 Å². The molecule has 0 radical (unpaired) electrons. The summed E-state index contributed by atoms with van der Waals surface area (Å²) < 4.78 is 0. The van der Waals surface area contributed by atoms with Crippen molar-refractivity contribution in [3.8, 4) is 0 Å². The Balaban J connectivity index is 2.02. The van der Waals surface area contributed by atoms with Gasteiger partial charge in [0.25, 0.3) is 5.69 Å². The van der Waals surface area contributed by atoms with Crippen molar-refractivity contribution >= 4 is 23.0 Å². The average molecular weight is 294 g/mol. The molecule has 0 fully saturated rings. The third kappa shape index (κ3) is 2.46. The minimum absolute atomic E-state index is 0.0493. The van der Waals surface area contributed by atoms with Crippen LogP contribution in [0.3, 0.4) is 0 Å². The molecule has 0 aliphatic carbocycles. The van der Waals surface area contributed by atoms with Crippen molar-refractivity contribution in [2.24, 2.45) is 9.98 Å². The summed E-state index contributed by atoms with van der Waals surface area (Å²) in [4.78, 5) is 21.3. The number of benzene rings is 2. The minimum Gasteiger partial charge on any atom is -0.362 e. The summed E-state index contributed by atoms with van der Waals surface area (Å²) in [6, 6.07) is 14.0. The first kappa shape index (κ1) is 13.9. The maximum absolute atomic E-state index is 10.7. The molecule has 1 aliphatic heterocycles. The van der Waals surface area contributed by atoms with E-state index >= 15 is 0 Å². The third-order valence-electron chi connectivity index (χ3n) is 3.34. The fourth-order valence-corrected chi connectivity index (χ4v) is 2.29. The predicted molar refractivity (Wildman–Crippen MR) is 86.0 cm³/mol. The molecule has 2 aromatic rings. The maximum atomic E-state index is 10.7. The molecule has 22 heavy (non-hydrogen) atoms. The summed E-state index contributed by atoms with van der Waals surface area (Å²) >= 11 is 0. The zero-order valence-corrected chi connectivity index (χ0v) is 12.2. The lowest BCUT2D eigenvalue weighted by Gasteiger charge is -2.11. The molecule has 0 saturated carbocycles. The van der Waals surface area contributed by atoms with Crippen LogP contribution < -0.4 is 0 Å². The molecule has 0 amide bonds. The van der Waals surface area contributed by atoms with Gasteiger partial charge >= 0.3 is 0 Å². The van der Waals surface area contributed by atoms with E-state index in [0.717, 1.165) is 17.0 Å². The number of hydrogen-bond donors (Lipinski definition) is 0. The van der Waals surface area contributed by atoms with E-state index in [9.17, 15) is 10.1 Å². The first-order chi connectivity index (χ1) is 10.6. The molecular weight excluding hydrogens is 280 g/mol. The number of rotatable bonds is 2. The van der Waals surface area contributed by atoms with Gasteiger partial charge in [-0.1, -0.05) is 24.3 Å². The lowest BCUT2D eigenvalue weighted by atomic mass is 10.1. The molecule has 6 nitrogen and oxygen atoms in total. The van der Waals surface area contributed by atoms with Crippen LogP contribution in [-0.4, -0.2) is 35.6 Å². The van der Waals surface area contributed by atoms with Crippen LogP contribution in [0.25, 0.3) is 0 Å². The van der Waals surface area contributed by atoms with Gasteiger partial charge in [0, 0.05) is 37.4 Å². The topological polar surface area (TPSA) is 71.1 Å². The number of nitrogens with zero attached hydrogens (tertiary/aromatic N) is 4. The first-order valence-corrected chi connectivity index (χ1v) is 6.75. The number of non-ortho nitro benzene ring substituents is 1. The summed E-state index contributed by atoms with van der Waals surface area (Å²) in [7, 11) is 3.87. The van der Waals surface area contributed by atoms with E-state index in [1.54, 1.807) is 12.1 Å². The van der Waals surface area contributed by atoms with Crippen LogP contribution in [-0.2, 0) is 0 Å².